The van der Waals surface area contributed by atoms with Crippen LogP contribution in [0.2, 0.25) is 0 Å². The summed E-state index contributed by atoms with van der Waals surface area (Å²) in [7, 11) is 0. The first-order chi connectivity index (χ1) is 13.2. The standard InChI is InChI=1S/C16H11FN2O2.C6H6/c17-13-6-2-1-4-11(13)8-9-12-5-3-7-14(18-12)15-10-21-16(20)19-15;1-2-4-6-5-3-1/h1-7,15H,10H2,(H,19,20);1-6H/t15-;/m0./s1. The third-order valence-corrected chi connectivity index (χ3v) is 3.67. The van der Waals surface area contributed by atoms with Crippen LogP contribution in [0.25, 0.3) is 0 Å². The molecule has 27 heavy (non-hydrogen) atoms. The number of carbonyl (C=O) groups is 1. The molecule has 0 saturated carbocycles. The van der Waals surface area contributed by atoms with E-state index in [4.69, 9.17) is 4.74 Å². The van der Waals surface area contributed by atoms with E-state index >= 15 is 0 Å². The van der Waals surface area contributed by atoms with Crippen molar-refractivity contribution < 1.29 is 13.9 Å². The summed E-state index contributed by atoms with van der Waals surface area (Å²) >= 11 is 0. The van der Waals surface area contributed by atoms with Crippen molar-refractivity contribution in [3.63, 3.8) is 0 Å². The van der Waals surface area contributed by atoms with Crippen LogP contribution in [0.1, 0.15) is 23.0 Å². The molecule has 0 bridgehead atoms. The summed E-state index contributed by atoms with van der Waals surface area (Å²) in [5, 5.41) is 2.65. The van der Waals surface area contributed by atoms with Crippen LogP contribution in [0, 0.1) is 17.7 Å². The third-order valence-electron chi connectivity index (χ3n) is 3.67. The first kappa shape index (κ1) is 18.2. The fourth-order valence-corrected chi connectivity index (χ4v) is 2.34. The molecule has 5 heteroatoms. The number of ether oxygens (including phenoxy) is 1. The number of hydrogen-bond donors (Lipinski definition) is 1. The molecule has 1 N–H and O–H groups in total. The van der Waals surface area contributed by atoms with Gasteiger partial charge < -0.3 is 10.1 Å². The highest BCUT2D eigenvalue weighted by Crippen LogP contribution is 2.16. The third kappa shape index (κ3) is 5.41. The number of aromatic nitrogens is 1. The van der Waals surface area contributed by atoms with Gasteiger partial charge in [0.25, 0.3) is 0 Å². The maximum atomic E-state index is 13.5. The summed E-state index contributed by atoms with van der Waals surface area (Å²) in [5.74, 6) is 5.21. The van der Waals surface area contributed by atoms with Gasteiger partial charge in [0.15, 0.2) is 0 Å². The van der Waals surface area contributed by atoms with E-state index in [0.29, 0.717) is 17.0 Å². The van der Waals surface area contributed by atoms with Crippen molar-refractivity contribution in [3.8, 4) is 11.8 Å². The predicted molar refractivity (Wildman–Crippen MR) is 100 cm³/mol. The second-order valence-corrected chi connectivity index (χ2v) is 5.63. The number of halogens is 1. The van der Waals surface area contributed by atoms with Gasteiger partial charge in [-0.15, -0.1) is 0 Å². The quantitative estimate of drug-likeness (QED) is 0.665. The van der Waals surface area contributed by atoms with Crippen molar-refractivity contribution in [2.45, 2.75) is 6.04 Å². The molecule has 1 aromatic heterocycles. The Hall–Kier alpha value is -3.65. The molecule has 0 aliphatic carbocycles. The minimum Gasteiger partial charge on any atom is -0.447 e. The smallest absolute Gasteiger partial charge is 0.407 e. The molecular weight excluding hydrogens is 343 g/mol. The van der Waals surface area contributed by atoms with Crippen LogP contribution < -0.4 is 5.32 Å². The number of benzene rings is 2. The molecule has 0 spiro atoms. The van der Waals surface area contributed by atoms with Crippen LogP contribution in [0.4, 0.5) is 9.18 Å². The average Bonchev–Trinajstić information content (AvgIpc) is 3.16. The van der Waals surface area contributed by atoms with Crippen LogP contribution in [0.3, 0.4) is 0 Å². The number of rotatable bonds is 1. The van der Waals surface area contributed by atoms with E-state index in [1.165, 1.54) is 6.07 Å². The van der Waals surface area contributed by atoms with Gasteiger partial charge in [-0.1, -0.05) is 60.5 Å². The van der Waals surface area contributed by atoms with Gasteiger partial charge in [-0.2, -0.15) is 0 Å². The van der Waals surface area contributed by atoms with Crippen LogP contribution in [-0.4, -0.2) is 17.7 Å². The van der Waals surface area contributed by atoms with Crippen LogP contribution in [0.15, 0.2) is 78.9 Å². The van der Waals surface area contributed by atoms with E-state index in [1.807, 2.05) is 36.4 Å². The second-order valence-electron chi connectivity index (χ2n) is 5.63. The van der Waals surface area contributed by atoms with Crippen molar-refractivity contribution in [3.05, 3.63) is 102 Å². The van der Waals surface area contributed by atoms with Crippen LogP contribution in [-0.2, 0) is 4.74 Å². The topological polar surface area (TPSA) is 51.2 Å². The summed E-state index contributed by atoms with van der Waals surface area (Å²) in [6.07, 6.45) is -0.454. The molecule has 1 fully saturated rings. The van der Waals surface area contributed by atoms with Gasteiger partial charge in [0.05, 0.1) is 11.3 Å². The second kappa shape index (κ2) is 9.16. The summed E-state index contributed by atoms with van der Waals surface area (Å²) in [4.78, 5) is 15.4. The lowest BCUT2D eigenvalue weighted by Gasteiger charge is -2.06. The van der Waals surface area contributed by atoms with Crippen LogP contribution >= 0.6 is 0 Å². The SMILES string of the molecule is O=C1N[C@H](c2cccc(C#Cc3ccccc3F)n2)CO1.c1ccccc1. The zero-order valence-corrected chi connectivity index (χ0v) is 14.4. The number of amides is 1. The largest absolute Gasteiger partial charge is 0.447 e. The van der Waals surface area contributed by atoms with Crippen molar-refractivity contribution in [2.75, 3.05) is 6.61 Å². The van der Waals surface area contributed by atoms with Crippen molar-refractivity contribution >= 4 is 6.09 Å². The zero-order valence-electron chi connectivity index (χ0n) is 14.4. The van der Waals surface area contributed by atoms with E-state index in [1.54, 1.807) is 36.4 Å². The Balaban J connectivity index is 0.000000299. The molecule has 1 atom stereocenters. The van der Waals surface area contributed by atoms with Crippen molar-refractivity contribution in [2.24, 2.45) is 0 Å². The van der Waals surface area contributed by atoms with E-state index in [2.05, 4.69) is 22.1 Å². The lowest BCUT2D eigenvalue weighted by molar-refractivity contribution is 0.177. The molecule has 1 saturated heterocycles. The summed E-state index contributed by atoms with van der Waals surface area (Å²) in [5.41, 5.74) is 1.50. The van der Waals surface area contributed by atoms with Crippen LogP contribution in [0.5, 0.6) is 0 Å². The first-order valence-electron chi connectivity index (χ1n) is 8.39. The minimum absolute atomic E-state index is 0.246. The molecule has 3 aromatic rings. The molecule has 2 aromatic carbocycles. The minimum atomic E-state index is -0.454. The highest BCUT2D eigenvalue weighted by atomic mass is 19.1. The maximum Gasteiger partial charge on any atom is 0.407 e. The Kier molecular flexibility index (Phi) is 6.16. The van der Waals surface area contributed by atoms with E-state index < -0.39 is 6.09 Å². The fraction of sp³-hybridized carbons (Fsp3) is 0.0909. The zero-order chi connectivity index (χ0) is 18.9. The molecule has 0 radical (unpaired) electrons. The summed E-state index contributed by atoms with van der Waals surface area (Å²) < 4.78 is 18.3. The molecule has 1 aliphatic rings. The molecule has 134 valence electrons. The Morgan fingerprint density at radius 1 is 0.926 bits per heavy atom. The highest BCUT2D eigenvalue weighted by molar-refractivity contribution is 5.69. The Morgan fingerprint density at radius 2 is 1.63 bits per heavy atom. The monoisotopic (exact) mass is 360 g/mol. The summed E-state index contributed by atoms with van der Waals surface area (Å²) in [6.45, 7) is 0.246. The fourth-order valence-electron chi connectivity index (χ4n) is 2.34. The van der Waals surface area contributed by atoms with Gasteiger partial charge in [0.2, 0.25) is 0 Å². The number of cyclic esters (lactones) is 1. The lowest BCUT2D eigenvalue weighted by atomic mass is 10.2. The van der Waals surface area contributed by atoms with Gasteiger partial charge in [-0.25, -0.2) is 14.2 Å². The number of alkyl carbamates (subject to hydrolysis) is 1. The van der Waals surface area contributed by atoms with Crippen molar-refractivity contribution in [1.29, 1.82) is 0 Å². The lowest BCUT2D eigenvalue weighted by Crippen LogP contribution is -2.19. The summed E-state index contributed by atoms with van der Waals surface area (Å²) in [6, 6.07) is 23.3. The van der Waals surface area contributed by atoms with Gasteiger partial charge in [0, 0.05) is 0 Å². The first-order valence-corrected chi connectivity index (χ1v) is 8.39. The molecule has 0 unspecified atom stereocenters. The van der Waals surface area contributed by atoms with Gasteiger partial charge in [-0.05, 0) is 30.2 Å². The van der Waals surface area contributed by atoms with Gasteiger partial charge >= 0.3 is 6.09 Å². The molecule has 4 rings (SSSR count). The molecule has 1 amide bonds. The number of hydrogen-bond acceptors (Lipinski definition) is 3. The molecule has 1 aliphatic heterocycles. The van der Waals surface area contributed by atoms with Gasteiger partial charge in [-0.3, -0.25) is 0 Å². The number of carbonyl (C=O) groups excluding carboxylic acids is 1. The van der Waals surface area contributed by atoms with Crippen molar-refractivity contribution in [1.82, 2.24) is 10.3 Å². The predicted octanol–water partition coefficient (Wildman–Crippen LogP) is 4.09. The van der Waals surface area contributed by atoms with E-state index in [9.17, 15) is 9.18 Å². The van der Waals surface area contributed by atoms with E-state index in [-0.39, 0.29) is 18.5 Å². The normalized spacial score (nSPS) is 14.7. The molecule has 4 nitrogen and oxygen atoms in total. The Bertz CT molecular complexity index is 938. The Morgan fingerprint density at radius 3 is 2.26 bits per heavy atom. The number of nitrogens with zero attached hydrogens (tertiary/aromatic N) is 1. The number of nitrogens with one attached hydrogen (secondary N) is 1. The Labute approximate surface area is 157 Å². The average molecular weight is 360 g/mol. The van der Waals surface area contributed by atoms with Gasteiger partial charge in [0.1, 0.15) is 24.2 Å². The molecular formula is C22H17FN2O2. The maximum absolute atomic E-state index is 13.5. The molecule has 2 heterocycles. The number of pyridine rings is 1. The van der Waals surface area contributed by atoms with E-state index in [0.717, 1.165) is 0 Å². The highest BCUT2D eigenvalue weighted by Gasteiger charge is 2.24.